The molecule has 0 radical (unpaired) electrons. The van der Waals surface area contributed by atoms with Gasteiger partial charge in [-0.05, 0) is 59.5 Å². The molecule has 5 aromatic rings. The normalized spacial score (nSPS) is 11.3. The third-order valence-electron chi connectivity index (χ3n) is 5.19. The molecular formula is C24H20N4O2. The zero-order chi connectivity index (χ0) is 20.5. The summed E-state index contributed by atoms with van der Waals surface area (Å²) in [4.78, 5) is 12.0. The molecule has 0 spiro atoms. The number of nitrogens with zero attached hydrogens (tertiary/aromatic N) is 3. The molecule has 0 aliphatic heterocycles. The van der Waals surface area contributed by atoms with Crippen LogP contribution in [0.4, 0.5) is 0 Å². The largest absolute Gasteiger partial charge is 0.380 e. The molecule has 0 atom stereocenters. The van der Waals surface area contributed by atoms with Gasteiger partial charge in [0.2, 0.25) is 5.82 Å². The van der Waals surface area contributed by atoms with Crippen LogP contribution in [-0.2, 0) is 11.3 Å². The number of aromatic amines is 1. The third kappa shape index (κ3) is 3.27. The molecule has 6 nitrogen and oxygen atoms in total. The van der Waals surface area contributed by atoms with Gasteiger partial charge in [-0.3, -0.25) is 0 Å². The summed E-state index contributed by atoms with van der Waals surface area (Å²) in [6.07, 6.45) is 1.67. The average molecular weight is 396 g/mol. The van der Waals surface area contributed by atoms with Crippen LogP contribution in [0.5, 0.6) is 0 Å². The number of hydrogen-bond acceptors (Lipinski definition) is 5. The third-order valence-corrected chi connectivity index (χ3v) is 5.19. The maximum absolute atomic E-state index is 5.57. The summed E-state index contributed by atoms with van der Waals surface area (Å²) in [5.41, 5.74) is 8.18. The van der Waals surface area contributed by atoms with Crippen LogP contribution in [0, 0.1) is 6.92 Å². The maximum atomic E-state index is 5.57. The van der Waals surface area contributed by atoms with E-state index in [0.717, 1.165) is 33.3 Å². The second-order valence-electron chi connectivity index (χ2n) is 7.18. The van der Waals surface area contributed by atoms with Crippen molar-refractivity contribution >= 4 is 11.0 Å². The Morgan fingerprint density at radius 1 is 0.967 bits per heavy atom. The average Bonchev–Trinajstić information content (AvgIpc) is 3.44. The Balaban J connectivity index is 1.53. The van der Waals surface area contributed by atoms with Gasteiger partial charge in [-0.1, -0.05) is 35.5 Å². The summed E-state index contributed by atoms with van der Waals surface area (Å²) in [6, 6.07) is 20.3. The number of hydrogen-bond donors (Lipinski definition) is 1. The van der Waals surface area contributed by atoms with E-state index >= 15 is 0 Å². The Morgan fingerprint density at radius 3 is 2.70 bits per heavy atom. The molecule has 0 unspecified atom stereocenters. The lowest BCUT2D eigenvalue weighted by Crippen LogP contribution is -1.95. The minimum Gasteiger partial charge on any atom is -0.380 e. The number of rotatable bonds is 5. The Labute approximate surface area is 173 Å². The van der Waals surface area contributed by atoms with E-state index in [-0.39, 0.29) is 0 Å². The van der Waals surface area contributed by atoms with Gasteiger partial charge in [0.05, 0.1) is 24.0 Å². The van der Waals surface area contributed by atoms with E-state index < -0.39 is 0 Å². The summed E-state index contributed by atoms with van der Waals surface area (Å²) in [5, 5.41) is 4.17. The monoisotopic (exact) mass is 396 g/mol. The minimum atomic E-state index is 0.473. The summed E-state index contributed by atoms with van der Waals surface area (Å²) in [6.45, 7) is 2.61. The van der Waals surface area contributed by atoms with Gasteiger partial charge in [0.25, 0.3) is 5.89 Å². The van der Waals surface area contributed by atoms with Crippen molar-refractivity contribution in [1.82, 2.24) is 20.1 Å². The lowest BCUT2D eigenvalue weighted by molar-refractivity contribution is 0.185. The molecule has 30 heavy (non-hydrogen) atoms. The number of methoxy groups -OCH3 is 1. The van der Waals surface area contributed by atoms with Crippen LogP contribution in [0.2, 0.25) is 0 Å². The van der Waals surface area contributed by atoms with Gasteiger partial charge in [-0.15, -0.1) is 0 Å². The molecule has 3 aromatic carbocycles. The van der Waals surface area contributed by atoms with Crippen LogP contribution in [-0.4, -0.2) is 27.2 Å². The quantitative estimate of drug-likeness (QED) is 0.430. The van der Waals surface area contributed by atoms with Gasteiger partial charge in [0.15, 0.2) is 0 Å². The van der Waals surface area contributed by atoms with E-state index in [0.29, 0.717) is 18.3 Å². The van der Waals surface area contributed by atoms with Crippen molar-refractivity contribution in [2.45, 2.75) is 13.5 Å². The van der Waals surface area contributed by atoms with E-state index in [9.17, 15) is 0 Å². The van der Waals surface area contributed by atoms with Crippen molar-refractivity contribution in [2.24, 2.45) is 0 Å². The van der Waals surface area contributed by atoms with Gasteiger partial charge in [-0.25, -0.2) is 4.98 Å². The molecule has 0 bridgehead atoms. The van der Waals surface area contributed by atoms with E-state index in [1.54, 1.807) is 13.4 Å². The van der Waals surface area contributed by atoms with Crippen LogP contribution in [0.15, 0.2) is 71.5 Å². The van der Waals surface area contributed by atoms with Gasteiger partial charge in [-0.2, -0.15) is 4.98 Å². The first-order chi connectivity index (χ1) is 14.7. The Kier molecular flexibility index (Phi) is 4.61. The summed E-state index contributed by atoms with van der Waals surface area (Å²) < 4.78 is 11.0. The molecule has 1 N–H and O–H groups in total. The number of H-pyrrole nitrogens is 1. The Bertz CT molecular complexity index is 1340. The fourth-order valence-electron chi connectivity index (χ4n) is 3.67. The predicted molar refractivity (Wildman–Crippen MR) is 116 cm³/mol. The standard InChI is InChI=1S/C24H20N4O2/c1-15-5-3-4-6-19(15)20-9-7-17(11-18(20)13-29-2)24-27-23(28-30-24)16-8-10-21-22(12-16)26-14-25-21/h3-12,14H,13H2,1-2H3,(H,25,26). The summed E-state index contributed by atoms with van der Waals surface area (Å²) in [7, 11) is 1.70. The van der Waals surface area contributed by atoms with E-state index in [2.05, 4.69) is 51.3 Å². The number of imidazole rings is 1. The lowest BCUT2D eigenvalue weighted by Gasteiger charge is -2.12. The van der Waals surface area contributed by atoms with Gasteiger partial charge < -0.3 is 14.2 Å². The van der Waals surface area contributed by atoms with Gasteiger partial charge in [0.1, 0.15) is 0 Å². The minimum absolute atomic E-state index is 0.473. The highest BCUT2D eigenvalue weighted by atomic mass is 16.5. The highest BCUT2D eigenvalue weighted by molar-refractivity contribution is 5.80. The van der Waals surface area contributed by atoms with Crippen molar-refractivity contribution in [1.29, 1.82) is 0 Å². The Hall–Kier alpha value is -3.77. The molecule has 2 aromatic heterocycles. The fourth-order valence-corrected chi connectivity index (χ4v) is 3.67. The van der Waals surface area contributed by atoms with E-state index in [1.807, 2.05) is 36.4 Å². The molecule has 0 saturated heterocycles. The SMILES string of the molecule is COCc1cc(-c2nc(-c3ccc4[nH]cnc4c3)no2)ccc1-c1ccccc1C. The Morgan fingerprint density at radius 2 is 1.83 bits per heavy atom. The van der Waals surface area contributed by atoms with Crippen LogP contribution in [0.25, 0.3) is 45.0 Å². The molecule has 0 saturated carbocycles. The highest BCUT2D eigenvalue weighted by Gasteiger charge is 2.15. The van der Waals surface area contributed by atoms with Gasteiger partial charge >= 0.3 is 0 Å². The molecule has 5 rings (SSSR count). The molecule has 6 heteroatoms. The summed E-state index contributed by atoms with van der Waals surface area (Å²) in [5.74, 6) is 1.01. The summed E-state index contributed by atoms with van der Waals surface area (Å²) >= 11 is 0. The van der Waals surface area contributed by atoms with Gasteiger partial charge in [0, 0.05) is 18.2 Å². The second kappa shape index (κ2) is 7.57. The van der Waals surface area contributed by atoms with Crippen molar-refractivity contribution in [3.63, 3.8) is 0 Å². The van der Waals surface area contributed by atoms with E-state index in [4.69, 9.17) is 9.26 Å². The first-order valence-electron chi connectivity index (χ1n) is 9.68. The highest BCUT2D eigenvalue weighted by Crippen LogP contribution is 2.32. The molecule has 0 fully saturated rings. The first-order valence-corrected chi connectivity index (χ1v) is 9.68. The number of aryl methyl sites for hydroxylation is 1. The molecule has 2 heterocycles. The maximum Gasteiger partial charge on any atom is 0.258 e. The predicted octanol–water partition coefficient (Wildman–Crippen LogP) is 5.40. The fraction of sp³-hybridized carbons (Fsp3) is 0.125. The van der Waals surface area contributed by atoms with E-state index in [1.165, 1.54) is 11.1 Å². The molecular weight excluding hydrogens is 376 g/mol. The smallest absolute Gasteiger partial charge is 0.258 e. The topological polar surface area (TPSA) is 76.8 Å². The van der Waals surface area contributed by atoms with Crippen LogP contribution < -0.4 is 0 Å². The van der Waals surface area contributed by atoms with Crippen molar-refractivity contribution in [3.8, 4) is 34.0 Å². The van der Waals surface area contributed by atoms with Crippen LogP contribution in [0.3, 0.4) is 0 Å². The zero-order valence-electron chi connectivity index (χ0n) is 16.7. The van der Waals surface area contributed by atoms with Crippen molar-refractivity contribution in [3.05, 3.63) is 78.1 Å². The first kappa shape index (κ1) is 18.3. The van der Waals surface area contributed by atoms with Crippen LogP contribution >= 0.6 is 0 Å². The lowest BCUT2D eigenvalue weighted by atomic mass is 9.94. The molecule has 148 valence electrons. The number of benzene rings is 3. The number of nitrogens with one attached hydrogen (secondary N) is 1. The van der Waals surface area contributed by atoms with Crippen molar-refractivity contribution < 1.29 is 9.26 Å². The number of fused-ring (bicyclic) bond motifs is 1. The van der Waals surface area contributed by atoms with Crippen LogP contribution in [0.1, 0.15) is 11.1 Å². The molecule has 0 amide bonds. The number of aromatic nitrogens is 4. The number of ether oxygens (including phenoxy) is 1. The second-order valence-corrected chi connectivity index (χ2v) is 7.18. The zero-order valence-corrected chi connectivity index (χ0v) is 16.7. The van der Waals surface area contributed by atoms with Crippen molar-refractivity contribution in [2.75, 3.05) is 7.11 Å². The molecule has 0 aliphatic carbocycles. The molecule has 0 aliphatic rings.